The molecule has 166 valence electrons. The van der Waals surface area contributed by atoms with E-state index in [1.165, 1.54) is 42.6 Å². The van der Waals surface area contributed by atoms with Gasteiger partial charge in [0.15, 0.2) is 0 Å². The molecule has 2 N–H and O–H groups in total. The highest BCUT2D eigenvalue weighted by Crippen LogP contribution is 2.16. The number of amides is 1. The maximum atomic E-state index is 12.4. The number of rotatable bonds is 10. The van der Waals surface area contributed by atoms with Crippen LogP contribution in [0.3, 0.4) is 0 Å². The lowest BCUT2D eigenvalue weighted by atomic mass is 10.2. The van der Waals surface area contributed by atoms with Crippen LogP contribution in [-0.4, -0.2) is 27.1 Å². The number of nitrogens with zero attached hydrogens (tertiary/aromatic N) is 1. The molecule has 8 heteroatoms. The summed E-state index contributed by atoms with van der Waals surface area (Å²) in [4.78, 5) is 12.4. The summed E-state index contributed by atoms with van der Waals surface area (Å²) >= 11 is 0. The number of hydrogen-bond acceptors (Lipinski definition) is 5. The van der Waals surface area contributed by atoms with Crippen LogP contribution in [-0.2, 0) is 10.0 Å². The van der Waals surface area contributed by atoms with Gasteiger partial charge in [0.1, 0.15) is 5.75 Å². The Bertz CT molecular complexity index is 1140. The van der Waals surface area contributed by atoms with Crippen LogP contribution < -0.4 is 14.9 Å². The number of unbranched alkanes of at least 4 members (excludes halogenated alkanes) is 1. The molecule has 7 nitrogen and oxygen atoms in total. The van der Waals surface area contributed by atoms with Crippen molar-refractivity contribution in [2.75, 3.05) is 11.3 Å². The molecule has 3 aromatic carbocycles. The van der Waals surface area contributed by atoms with Gasteiger partial charge < -0.3 is 4.74 Å². The van der Waals surface area contributed by atoms with E-state index in [2.05, 4.69) is 22.2 Å². The van der Waals surface area contributed by atoms with E-state index in [-0.39, 0.29) is 4.90 Å². The minimum atomic E-state index is -3.68. The van der Waals surface area contributed by atoms with Gasteiger partial charge in [0.25, 0.3) is 15.9 Å². The number of anilines is 1. The van der Waals surface area contributed by atoms with Crippen molar-refractivity contribution in [2.45, 2.75) is 24.7 Å². The van der Waals surface area contributed by atoms with Gasteiger partial charge in [0, 0.05) is 11.3 Å². The first kappa shape index (κ1) is 23.0. The summed E-state index contributed by atoms with van der Waals surface area (Å²) in [5, 5.41) is 3.97. The van der Waals surface area contributed by atoms with Gasteiger partial charge in [-0.15, -0.1) is 0 Å². The first-order valence-corrected chi connectivity index (χ1v) is 11.7. The lowest BCUT2D eigenvalue weighted by Crippen LogP contribution is -2.18. The molecule has 0 fully saturated rings. The van der Waals surface area contributed by atoms with Gasteiger partial charge in [-0.3, -0.25) is 9.52 Å². The summed E-state index contributed by atoms with van der Waals surface area (Å²) in [5.74, 6) is 0.390. The van der Waals surface area contributed by atoms with Gasteiger partial charge in [-0.25, -0.2) is 13.8 Å². The molecule has 0 spiro atoms. The zero-order valence-electron chi connectivity index (χ0n) is 17.7. The van der Waals surface area contributed by atoms with Gasteiger partial charge in [-0.2, -0.15) is 5.10 Å². The van der Waals surface area contributed by atoms with Crippen molar-refractivity contribution >= 4 is 27.8 Å². The molecule has 0 aromatic heterocycles. The van der Waals surface area contributed by atoms with Crippen LogP contribution in [0.4, 0.5) is 5.69 Å². The van der Waals surface area contributed by atoms with E-state index in [9.17, 15) is 13.2 Å². The smallest absolute Gasteiger partial charge is 0.271 e. The minimum Gasteiger partial charge on any atom is -0.494 e. The fourth-order valence-electron chi connectivity index (χ4n) is 2.72. The molecule has 0 aliphatic carbocycles. The zero-order valence-corrected chi connectivity index (χ0v) is 18.5. The third-order valence-corrected chi connectivity index (χ3v) is 5.88. The first-order chi connectivity index (χ1) is 15.5. The molecule has 1 amide bonds. The normalized spacial score (nSPS) is 11.3. The van der Waals surface area contributed by atoms with Crippen LogP contribution in [0, 0.1) is 0 Å². The van der Waals surface area contributed by atoms with Crippen molar-refractivity contribution in [1.82, 2.24) is 5.43 Å². The number of hydrogen-bond donors (Lipinski definition) is 2. The standard InChI is InChI=1S/C24H25N3O4S/c1-2-3-17-31-22-15-9-19(10-16-22)18-25-26-24(28)20-11-13-21(14-12-20)27-32(29,30)23-7-5-4-6-8-23/h4-16,18,27H,2-3,17H2,1H3,(H,26,28)/b25-18-. The van der Waals surface area contributed by atoms with Crippen LogP contribution in [0.2, 0.25) is 0 Å². The monoisotopic (exact) mass is 451 g/mol. The fraction of sp³-hybridized carbons (Fsp3) is 0.167. The van der Waals surface area contributed by atoms with E-state index in [4.69, 9.17) is 4.74 Å². The number of carbonyl (C=O) groups is 1. The molecule has 0 aliphatic rings. The molecule has 3 rings (SSSR count). The van der Waals surface area contributed by atoms with Gasteiger partial charge in [-0.05, 0) is 72.6 Å². The molecule has 0 atom stereocenters. The Balaban J connectivity index is 1.53. The highest BCUT2D eigenvalue weighted by Gasteiger charge is 2.13. The Morgan fingerprint density at radius 1 is 0.969 bits per heavy atom. The van der Waals surface area contributed by atoms with E-state index in [0.717, 1.165) is 24.2 Å². The zero-order chi connectivity index (χ0) is 22.8. The number of hydrazone groups is 1. The van der Waals surface area contributed by atoms with Crippen LogP contribution in [0.1, 0.15) is 35.7 Å². The Hall–Kier alpha value is -3.65. The lowest BCUT2D eigenvalue weighted by molar-refractivity contribution is 0.0955. The molecule has 32 heavy (non-hydrogen) atoms. The Labute approximate surface area is 188 Å². The quantitative estimate of drug-likeness (QED) is 0.271. The number of benzene rings is 3. The van der Waals surface area contributed by atoms with Crippen molar-refractivity contribution in [3.8, 4) is 5.75 Å². The third kappa shape index (κ3) is 6.68. The second-order valence-corrected chi connectivity index (χ2v) is 8.65. The predicted molar refractivity (Wildman–Crippen MR) is 126 cm³/mol. The van der Waals surface area contributed by atoms with E-state index in [1.807, 2.05) is 24.3 Å². The van der Waals surface area contributed by atoms with E-state index in [0.29, 0.717) is 17.9 Å². The maximum Gasteiger partial charge on any atom is 0.271 e. The first-order valence-electron chi connectivity index (χ1n) is 10.2. The van der Waals surface area contributed by atoms with Crippen LogP contribution >= 0.6 is 0 Å². The molecule has 0 saturated carbocycles. The number of ether oxygens (including phenoxy) is 1. The predicted octanol–water partition coefficient (Wildman–Crippen LogP) is 4.43. The molecule has 0 radical (unpaired) electrons. The topological polar surface area (TPSA) is 96.9 Å². The maximum absolute atomic E-state index is 12.4. The molecule has 0 heterocycles. The van der Waals surface area contributed by atoms with Crippen molar-refractivity contribution in [3.63, 3.8) is 0 Å². The highest BCUT2D eigenvalue weighted by molar-refractivity contribution is 7.92. The van der Waals surface area contributed by atoms with Crippen molar-refractivity contribution in [3.05, 3.63) is 90.0 Å². The van der Waals surface area contributed by atoms with Gasteiger partial charge in [-0.1, -0.05) is 31.5 Å². The Kier molecular flexibility index (Phi) is 7.99. The fourth-order valence-corrected chi connectivity index (χ4v) is 3.80. The van der Waals surface area contributed by atoms with E-state index >= 15 is 0 Å². The van der Waals surface area contributed by atoms with Gasteiger partial charge >= 0.3 is 0 Å². The summed E-state index contributed by atoms with van der Waals surface area (Å²) in [6, 6.07) is 21.6. The van der Waals surface area contributed by atoms with Crippen LogP contribution in [0.5, 0.6) is 5.75 Å². The van der Waals surface area contributed by atoms with Gasteiger partial charge in [0.2, 0.25) is 0 Å². The molecular weight excluding hydrogens is 426 g/mol. The number of nitrogens with one attached hydrogen (secondary N) is 2. The molecule has 0 saturated heterocycles. The average Bonchev–Trinajstić information content (AvgIpc) is 2.81. The van der Waals surface area contributed by atoms with Gasteiger partial charge in [0.05, 0.1) is 17.7 Å². The Morgan fingerprint density at radius 3 is 2.31 bits per heavy atom. The SMILES string of the molecule is CCCCOc1ccc(/C=N\NC(=O)c2ccc(NS(=O)(=O)c3ccccc3)cc2)cc1. The second kappa shape index (κ2) is 11.1. The summed E-state index contributed by atoms with van der Waals surface area (Å²) < 4.78 is 32.8. The highest BCUT2D eigenvalue weighted by atomic mass is 32.2. The van der Waals surface area contributed by atoms with Crippen LogP contribution in [0.15, 0.2) is 88.9 Å². The number of sulfonamides is 1. The molecular formula is C24H25N3O4S. The van der Waals surface area contributed by atoms with E-state index in [1.54, 1.807) is 18.2 Å². The summed E-state index contributed by atoms with van der Waals surface area (Å²) in [7, 11) is -3.68. The van der Waals surface area contributed by atoms with Crippen molar-refractivity contribution < 1.29 is 17.9 Å². The average molecular weight is 452 g/mol. The van der Waals surface area contributed by atoms with E-state index < -0.39 is 15.9 Å². The Morgan fingerprint density at radius 2 is 1.66 bits per heavy atom. The molecule has 0 unspecified atom stereocenters. The molecule has 0 aliphatic heterocycles. The summed E-state index contributed by atoms with van der Waals surface area (Å²) in [6.07, 6.45) is 3.63. The minimum absolute atomic E-state index is 0.164. The number of carbonyl (C=O) groups excluding carboxylic acids is 1. The molecule has 0 bridgehead atoms. The largest absolute Gasteiger partial charge is 0.494 e. The van der Waals surface area contributed by atoms with Crippen molar-refractivity contribution in [1.29, 1.82) is 0 Å². The summed E-state index contributed by atoms with van der Waals surface area (Å²) in [5.41, 5.74) is 3.98. The van der Waals surface area contributed by atoms with Crippen molar-refractivity contribution in [2.24, 2.45) is 5.10 Å². The second-order valence-electron chi connectivity index (χ2n) is 6.97. The summed E-state index contributed by atoms with van der Waals surface area (Å²) in [6.45, 7) is 2.80. The lowest BCUT2D eigenvalue weighted by Gasteiger charge is -2.08. The van der Waals surface area contributed by atoms with Crippen LogP contribution in [0.25, 0.3) is 0 Å². The molecule has 3 aromatic rings. The third-order valence-electron chi connectivity index (χ3n) is 4.48.